The number of rotatable bonds is 3. The normalized spacial score (nSPS) is 12.9. The molecular formula is C11H17N. The number of pyridine rings is 1. The highest BCUT2D eigenvalue weighted by atomic mass is 14.7. The van der Waals surface area contributed by atoms with Crippen LogP contribution in [0.1, 0.15) is 44.4 Å². The van der Waals surface area contributed by atoms with Gasteiger partial charge in [-0.05, 0) is 36.5 Å². The third-order valence-corrected chi connectivity index (χ3v) is 2.37. The maximum Gasteiger partial charge on any atom is 0.0434 e. The average molecular weight is 163 g/mol. The molecule has 0 aliphatic heterocycles. The van der Waals surface area contributed by atoms with Crippen LogP contribution in [-0.2, 0) is 6.42 Å². The minimum absolute atomic E-state index is 0.594. The Morgan fingerprint density at radius 3 is 2.75 bits per heavy atom. The van der Waals surface area contributed by atoms with E-state index < -0.39 is 0 Å². The molecule has 0 N–H and O–H groups in total. The summed E-state index contributed by atoms with van der Waals surface area (Å²) in [5.74, 6) is 0.594. The molecule has 0 saturated heterocycles. The summed E-state index contributed by atoms with van der Waals surface area (Å²) in [5, 5.41) is 0. The van der Waals surface area contributed by atoms with Gasteiger partial charge in [0, 0.05) is 11.9 Å². The Morgan fingerprint density at radius 1 is 1.42 bits per heavy atom. The lowest BCUT2D eigenvalue weighted by molar-refractivity contribution is 0.706. The van der Waals surface area contributed by atoms with Crippen LogP contribution in [0, 0.1) is 0 Å². The van der Waals surface area contributed by atoms with Gasteiger partial charge in [0.1, 0.15) is 0 Å². The van der Waals surface area contributed by atoms with E-state index in [2.05, 4.69) is 37.9 Å². The van der Waals surface area contributed by atoms with Gasteiger partial charge in [0.2, 0.25) is 0 Å². The molecule has 0 radical (unpaired) electrons. The van der Waals surface area contributed by atoms with Crippen LogP contribution < -0.4 is 0 Å². The highest BCUT2D eigenvalue weighted by Crippen LogP contribution is 2.16. The molecule has 0 aliphatic rings. The van der Waals surface area contributed by atoms with E-state index in [1.54, 1.807) is 0 Å². The molecule has 1 aromatic heterocycles. The van der Waals surface area contributed by atoms with Crippen molar-refractivity contribution >= 4 is 0 Å². The van der Waals surface area contributed by atoms with Crippen molar-refractivity contribution < 1.29 is 0 Å². The first-order chi connectivity index (χ1) is 5.77. The number of aryl methyl sites for hydroxylation is 1. The molecule has 0 aliphatic carbocycles. The lowest BCUT2D eigenvalue weighted by Gasteiger charge is -2.08. The van der Waals surface area contributed by atoms with Crippen LogP contribution in [0.4, 0.5) is 0 Å². The summed E-state index contributed by atoms with van der Waals surface area (Å²) in [4.78, 5) is 4.36. The fraction of sp³-hybridized carbons (Fsp3) is 0.545. The molecule has 1 unspecified atom stereocenters. The lowest BCUT2D eigenvalue weighted by atomic mass is 10.0. The quantitative estimate of drug-likeness (QED) is 0.667. The molecule has 1 atom stereocenters. The van der Waals surface area contributed by atoms with Gasteiger partial charge < -0.3 is 0 Å². The van der Waals surface area contributed by atoms with Crippen LogP contribution in [0.3, 0.4) is 0 Å². The first kappa shape index (κ1) is 9.24. The van der Waals surface area contributed by atoms with Crippen LogP contribution >= 0.6 is 0 Å². The first-order valence-electron chi connectivity index (χ1n) is 4.72. The lowest BCUT2D eigenvalue weighted by Crippen LogP contribution is -1.96. The van der Waals surface area contributed by atoms with Gasteiger partial charge in [-0.1, -0.05) is 20.8 Å². The standard InChI is InChI=1S/C11H17N/c1-4-9(3)11-8-10(5-2)6-7-12-11/h6-9H,4-5H2,1-3H3. The molecule has 1 heterocycles. The smallest absolute Gasteiger partial charge is 0.0434 e. The van der Waals surface area contributed by atoms with E-state index in [1.165, 1.54) is 17.7 Å². The summed E-state index contributed by atoms with van der Waals surface area (Å²) in [6, 6.07) is 4.31. The average Bonchev–Trinajstić information content (AvgIpc) is 2.17. The molecule has 66 valence electrons. The molecule has 0 amide bonds. The second kappa shape index (κ2) is 4.24. The van der Waals surface area contributed by atoms with Crippen molar-refractivity contribution in [2.24, 2.45) is 0 Å². The monoisotopic (exact) mass is 163 g/mol. The zero-order chi connectivity index (χ0) is 8.97. The summed E-state index contributed by atoms with van der Waals surface area (Å²) >= 11 is 0. The largest absolute Gasteiger partial charge is 0.261 e. The molecule has 1 nitrogen and oxygen atoms in total. The van der Waals surface area contributed by atoms with Gasteiger partial charge in [-0.3, -0.25) is 4.98 Å². The summed E-state index contributed by atoms with van der Waals surface area (Å²) in [6.07, 6.45) is 4.19. The Kier molecular flexibility index (Phi) is 3.27. The van der Waals surface area contributed by atoms with E-state index in [0.29, 0.717) is 5.92 Å². The van der Waals surface area contributed by atoms with Gasteiger partial charge >= 0.3 is 0 Å². The van der Waals surface area contributed by atoms with Crippen LogP contribution in [0.15, 0.2) is 18.3 Å². The van der Waals surface area contributed by atoms with Gasteiger partial charge in [0.25, 0.3) is 0 Å². The topological polar surface area (TPSA) is 12.9 Å². The molecular weight excluding hydrogens is 146 g/mol. The molecule has 1 aromatic rings. The summed E-state index contributed by atoms with van der Waals surface area (Å²) in [6.45, 7) is 6.60. The first-order valence-corrected chi connectivity index (χ1v) is 4.72. The van der Waals surface area contributed by atoms with Crippen molar-refractivity contribution in [1.29, 1.82) is 0 Å². The van der Waals surface area contributed by atoms with Gasteiger partial charge in [-0.15, -0.1) is 0 Å². The SMILES string of the molecule is CCc1ccnc(C(C)CC)c1. The molecule has 1 rings (SSSR count). The van der Waals surface area contributed by atoms with Crippen LogP contribution in [-0.4, -0.2) is 4.98 Å². The Labute approximate surface area is 74.8 Å². The Balaban J connectivity index is 2.86. The summed E-state index contributed by atoms with van der Waals surface area (Å²) in [7, 11) is 0. The van der Waals surface area contributed by atoms with E-state index >= 15 is 0 Å². The van der Waals surface area contributed by atoms with Crippen LogP contribution in [0.2, 0.25) is 0 Å². The maximum absolute atomic E-state index is 4.36. The number of hydrogen-bond donors (Lipinski definition) is 0. The van der Waals surface area contributed by atoms with Crippen molar-refractivity contribution in [1.82, 2.24) is 4.98 Å². The molecule has 0 saturated carbocycles. The van der Waals surface area contributed by atoms with E-state index in [-0.39, 0.29) is 0 Å². The van der Waals surface area contributed by atoms with Crippen molar-refractivity contribution in [3.8, 4) is 0 Å². The van der Waals surface area contributed by atoms with Gasteiger partial charge in [0.05, 0.1) is 0 Å². The molecule has 1 heteroatoms. The predicted molar refractivity (Wildman–Crippen MR) is 52.3 cm³/mol. The molecule has 0 spiro atoms. The van der Waals surface area contributed by atoms with Gasteiger partial charge in [-0.25, -0.2) is 0 Å². The summed E-state index contributed by atoms with van der Waals surface area (Å²) in [5.41, 5.74) is 2.62. The van der Waals surface area contributed by atoms with Crippen molar-refractivity contribution in [2.45, 2.75) is 39.5 Å². The van der Waals surface area contributed by atoms with E-state index in [1.807, 2.05) is 6.20 Å². The number of hydrogen-bond acceptors (Lipinski definition) is 1. The van der Waals surface area contributed by atoms with Crippen LogP contribution in [0.25, 0.3) is 0 Å². The Hall–Kier alpha value is -0.850. The van der Waals surface area contributed by atoms with Crippen LogP contribution in [0.5, 0.6) is 0 Å². The number of aromatic nitrogens is 1. The van der Waals surface area contributed by atoms with E-state index in [4.69, 9.17) is 0 Å². The fourth-order valence-electron chi connectivity index (χ4n) is 1.19. The van der Waals surface area contributed by atoms with Crippen molar-refractivity contribution in [2.75, 3.05) is 0 Å². The van der Waals surface area contributed by atoms with E-state index in [9.17, 15) is 0 Å². The second-order valence-corrected chi connectivity index (χ2v) is 3.25. The Morgan fingerprint density at radius 2 is 2.17 bits per heavy atom. The maximum atomic E-state index is 4.36. The van der Waals surface area contributed by atoms with Crippen molar-refractivity contribution in [3.05, 3.63) is 29.6 Å². The molecule has 0 aromatic carbocycles. The Bertz CT molecular complexity index is 243. The van der Waals surface area contributed by atoms with Crippen molar-refractivity contribution in [3.63, 3.8) is 0 Å². The minimum atomic E-state index is 0.594. The van der Waals surface area contributed by atoms with Gasteiger partial charge in [-0.2, -0.15) is 0 Å². The van der Waals surface area contributed by atoms with Gasteiger partial charge in [0.15, 0.2) is 0 Å². The number of nitrogens with zero attached hydrogens (tertiary/aromatic N) is 1. The third kappa shape index (κ3) is 2.07. The fourth-order valence-corrected chi connectivity index (χ4v) is 1.19. The van der Waals surface area contributed by atoms with E-state index in [0.717, 1.165) is 6.42 Å². The highest BCUT2D eigenvalue weighted by Gasteiger charge is 2.03. The second-order valence-electron chi connectivity index (χ2n) is 3.25. The summed E-state index contributed by atoms with van der Waals surface area (Å²) < 4.78 is 0. The molecule has 0 fully saturated rings. The predicted octanol–water partition coefficient (Wildman–Crippen LogP) is 3.16. The molecule has 0 bridgehead atoms. The minimum Gasteiger partial charge on any atom is -0.261 e. The third-order valence-electron chi connectivity index (χ3n) is 2.37. The zero-order valence-electron chi connectivity index (χ0n) is 8.17. The zero-order valence-corrected chi connectivity index (χ0v) is 8.17. The molecule has 12 heavy (non-hydrogen) atoms. The highest BCUT2D eigenvalue weighted by molar-refractivity contribution is 5.18.